The fraction of sp³-hybridized carbons (Fsp3) is 0.200. The van der Waals surface area contributed by atoms with E-state index in [0.717, 1.165) is 20.1 Å². The third-order valence-corrected chi connectivity index (χ3v) is 4.48. The highest BCUT2D eigenvalue weighted by atomic mass is 79.9. The summed E-state index contributed by atoms with van der Waals surface area (Å²) in [5.41, 5.74) is 1.04. The molecule has 2 aromatic heterocycles. The number of hydrogen-bond donors (Lipinski definition) is 1. The van der Waals surface area contributed by atoms with Gasteiger partial charge in [-0.15, -0.1) is 11.3 Å². The van der Waals surface area contributed by atoms with E-state index in [2.05, 4.69) is 38.5 Å². The maximum absolute atomic E-state index is 4.45. The van der Waals surface area contributed by atoms with Gasteiger partial charge in [0, 0.05) is 23.2 Å². The van der Waals surface area contributed by atoms with Crippen LogP contribution in [0.25, 0.3) is 10.6 Å². The molecular formula is C10H9BrN2S2. The molecule has 15 heavy (non-hydrogen) atoms. The van der Waals surface area contributed by atoms with Crippen LogP contribution in [0.1, 0.15) is 17.1 Å². The van der Waals surface area contributed by atoms with E-state index in [1.54, 1.807) is 17.5 Å². The molecule has 0 saturated heterocycles. The average Bonchev–Trinajstić information content (AvgIpc) is 2.62. The van der Waals surface area contributed by atoms with E-state index in [1.807, 2.05) is 25.3 Å². The van der Waals surface area contributed by atoms with Gasteiger partial charge in [-0.3, -0.25) is 4.98 Å². The molecule has 5 heteroatoms. The summed E-state index contributed by atoms with van der Waals surface area (Å²) in [6.45, 7) is 2.04. The summed E-state index contributed by atoms with van der Waals surface area (Å²) in [6, 6.07) is 3.92. The van der Waals surface area contributed by atoms with Gasteiger partial charge >= 0.3 is 0 Å². The molecule has 0 fully saturated rings. The van der Waals surface area contributed by atoms with Gasteiger partial charge in [0.1, 0.15) is 9.61 Å². The summed E-state index contributed by atoms with van der Waals surface area (Å²) in [5.74, 6) is 0. The van der Waals surface area contributed by atoms with Crippen molar-refractivity contribution in [3.8, 4) is 10.6 Å². The van der Waals surface area contributed by atoms with E-state index in [0.29, 0.717) is 0 Å². The quantitative estimate of drug-likeness (QED) is 0.850. The number of nitrogens with zero attached hydrogens (tertiary/aromatic N) is 2. The van der Waals surface area contributed by atoms with Crippen molar-refractivity contribution in [3.63, 3.8) is 0 Å². The first-order valence-corrected chi connectivity index (χ1v) is 6.55. The average molecular weight is 301 g/mol. The number of hydrogen-bond acceptors (Lipinski definition) is 4. The lowest BCUT2D eigenvalue weighted by molar-refractivity contribution is 1.12. The number of aromatic nitrogens is 2. The molecule has 2 heterocycles. The van der Waals surface area contributed by atoms with E-state index in [1.165, 1.54) is 0 Å². The first kappa shape index (κ1) is 11.1. The minimum absolute atomic E-state index is 0.197. The predicted molar refractivity (Wildman–Crippen MR) is 70.4 cm³/mol. The second kappa shape index (κ2) is 4.63. The van der Waals surface area contributed by atoms with Crippen molar-refractivity contribution in [2.24, 2.45) is 0 Å². The van der Waals surface area contributed by atoms with Crippen molar-refractivity contribution < 1.29 is 0 Å². The molecule has 2 aromatic rings. The number of pyridine rings is 1. The van der Waals surface area contributed by atoms with Gasteiger partial charge in [0.15, 0.2) is 0 Å². The highest BCUT2D eigenvalue weighted by Gasteiger charge is 2.13. The van der Waals surface area contributed by atoms with Crippen molar-refractivity contribution in [1.29, 1.82) is 0 Å². The van der Waals surface area contributed by atoms with Crippen LogP contribution in [0.4, 0.5) is 0 Å². The van der Waals surface area contributed by atoms with Crippen LogP contribution in [-0.2, 0) is 0 Å². The van der Waals surface area contributed by atoms with Gasteiger partial charge < -0.3 is 0 Å². The van der Waals surface area contributed by atoms with E-state index >= 15 is 0 Å². The molecule has 1 atom stereocenters. The van der Waals surface area contributed by atoms with Gasteiger partial charge in [0.25, 0.3) is 0 Å². The number of rotatable bonds is 2. The Morgan fingerprint density at radius 2 is 2.33 bits per heavy atom. The van der Waals surface area contributed by atoms with Gasteiger partial charge in [-0.1, -0.05) is 0 Å². The maximum atomic E-state index is 4.45. The molecule has 0 bridgehead atoms. The Labute approximate surface area is 106 Å². The third-order valence-electron chi connectivity index (χ3n) is 1.90. The monoisotopic (exact) mass is 300 g/mol. The van der Waals surface area contributed by atoms with E-state index in [4.69, 9.17) is 0 Å². The van der Waals surface area contributed by atoms with E-state index < -0.39 is 0 Å². The molecule has 0 aliphatic heterocycles. The van der Waals surface area contributed by atoms with Crippen LogP contribution in [0, 0.1) is 0 Å². The van der Waals surface area contributed by atoms with Gasteiger partial charge in [-0.2, -0.15) is 12.6 Å². The van der Waals surface area contributed by atoms with Gasteiger partial charge in [-0.05, 0) is 35.0 Å². The van der Waals surface area contributed by atoms with E-state index in [9.17, 15) is 0 Å². The van der Waals surface area contributed by atoms with Crippen LogP contribution >= 0.6 is 39.9 Å². The molecule has 78 valence electrons. The standard InChI is InChI=1S/C10H9BrN2S2/c1-6(14)8-9(11)13-10(15-8)7-3-2-4-12-5-7/h2-6,14H,1H3. The van der Waals surface area contributed by atoms with Gasteiger partial charge in [-0.25, -0.2) is 4.98 Å². The molecule has 0 aliphatic carbocycles. The van der Waals surface area contributed by atoms with Crippen molar-refractivity contribution in [1.82, 2.24) is 9.97 Å². The summed E-state index contributed by atoms with van der Waals surface area (Å²) in [6.07, 6.45) is 3.58. The second-order valence-corrected chi connectivity index (χ2v) is 5.65. The summed E-state index contributed by atoms with van der Waals surface area (Å²) >= 11 is 9.50. The molecule has 2 nitrogen and oxygen atoms in total. The van der Waals surface area contributed by atoms with Crippen LogP contribution in [0.2, 0.25) is 0 Å². The smallest absolute Gasteiger partial charge is 0.126 e. The Hall–Kier alpha value is -0.390. The Bertz CT molecular complexity index is 454. The maximum Gasteiger partial charge on any atom is 0.126 e. The van der Waals surface area contributed by atoms with Crippen LogP contribution in [0.5, 0.6) is 0 Å². The zero-order chi connectivity index (χ0) is 10.8. The Morgan fingerprint density at radius 3 is 2.87 bits per heavy atom. The molecule has 0 aliphatic rings. The van der Waals surface area contributed by atoms with E-state index in [-0.39, 0.29) is 5.25 Å². The third kappa shape index (κ3) is 2.41. The van der Waals surface area contributed by atoms with Crippen LogP contribution in [0.15, 0.2) is 29.1 Å². The molecule has 1 unspecified atom stereocenters. The summed E-state index contributed by atoms with van der Waals surface area (Å²) in [4.78, 5) is 9.68. The Morgan fingerprint density at radius 1 is 1.53 bits per heavy atom. The molecule has 0 aromatic carbocycles. The van der Waals surface area contributed by atoms with Crippen LogP contribution in [0.3, 0.4) is 0 Å². The first-order valence-electron chi connectivity index (χ1n) is 4.43. The fourth-order valence-corrected chi connectivity index (χ4v) is 3.41. The lowest BCUT2D eigenvalue weighted by Gasteiger charge is -1.97. The highest BCUT2D eigenvalue weighted by molar-refractivity contribution is 9.10. The molecule has 0 radical (unpaired) electrons. The summed E-state index contributed by atoms with van der Waals surface area (Å²) in [7, 11) is 0. The molecule has 2 rings (SSSR count). The zero-order valence-corrected chi connectivity index (χ0v) is 11.3. The second-order valence-electron chi connectivity index (χ2n) is 3.09. The summed E-state index contributed by atoms with van der Waals surface area (Å²) in [5, 5.41) is 1.17. The Kier molecular flexibility index (Phi) is 3.43. The molecule has 0 saturated carbocycles. The number of thiazole rings is 1. The van der Waals surface area contributed by atoms with Crippen molar-refractivity contribution in [2.75, 3.05) is 0 Å². The predicted octanol–water partition coefficient (Wildman–Crippen LogP) is 3.96. The fourth-order valence-electron chi connectivity index (χ4n) is 1.18. The Balaban J connectivity index is 2.43. The first-order chi connectivity index (χ1) is 7.18. The number of halogens is 1. The highest BCUT2D eigenvalue weighted by Crippen LogP contribution is 2.36. The minimum Gasteiger partial charge on any atom is -0.264 e. The molecule has 0 amide bonds. The summed E-state index contributed by atoms with van der Waals surface area (Å²) < 4.78 is 0.883. The largest absolute Gasteiger partial charge is 0.264 e. The lowest BCUT2D eigenvalue weighted by Crippen LogP contribution is -1.78. The SMILES string of the molecule is CC(S)c1sc(-c2cccnc2)nc1Br. The molecule has 0 spiro atoms. The molecule has 0 N–H and O–H groups in total. The van der Waals surface area contributed by atoms with Gasteiger partial charge in [0.05, 0.1) is 4.88 Å². The van der Waals surface area contributed by atoms with Crippen LogP contribution < -0.4 is 0 Å². The zero-order valence-electron chi connectivity index (χ0n) is 8.01. The van der Waals surface area contributed by atoms with Gasteiger partial charge in [0.2, 0.25) is 0 Å². The normalized spacial score (nSPS) is 12.7. The molecular weight excluding hydrogens is 292 g/mol. The van der Waals surface area contributed by atoms with Crippen molar-refractivity contribution in [3.05, 3.63) is 34.0 Å². The van der Waals surface area contributed by atoms with Crippen molar-refractivity contribution in [2.45, 2.75) is 12.2 Å². The minimum atomic E-state index is 0.197. The number of thiol groups is 1. The van der Waals surface area contributed by atoms with Crippen LogP contribution in [-0.4, -0.2) is 9.97 Å². The topological polar surface area (TPSA) is 25.8 Å². The lowest BCUT2D eigenvalue weighted by atomic mass is 10.3. The van der Waals surface area contributed by atoms with Crippen molar-refractivity contribution >= 4 is 39.9 Å².